The van der Waals surface area contributed by atoms with Crippen LogP contribution in [0, 0.1) is 59.9 Å². The fourth-order valence-corrected chi connectivity index (χ4v) is 0. The summed E-state index contributed by atoms with van der Waals surface area (Å²) < 4.78 is 69.5. The zero-order valence-electron chi connectivity index (χ0n) is 13.1. The minimum absolute atomic E-state index is 0. The van der Waals surface area contributed by atoms with Crippen molar-refractivity contribution in [2.45, 2.75) is 0 Å². The van der Waals surface area contributed by atoms with Crippen molar-refractivity contribution in [1.82, 2.24) is 0 Å². The molecule has 16 heteroatoms. The summed E-state index contributed by atoms with van der Waals surface area (Å²) in [4.78, 5) is 23.2. The molecule has 0 unspecified atom stereocenters. The van der Waals surface area contributed by atoms with Gasteiger partial charge in [-0.05, 0) is 0 Å². The van der Waals surface area contributed by atoms with E-state index in [4.69, 9.17) is 56.3 Å². The van der Waals surface area contributed by atoms with E-state index in [0.29, 0.717) is 0 Å². The third-order valence-electron chi connectivity index (χ3n) is 0. The molecular formula is C12H11O12Rh4+8. The van der Waals surface area contributed by atoms with Gasteiger partial charge in [-0.3, -0.25) is 20.4 Å². The molecular weight excluding hydrogens is 748 g/mol. The van der Waals surface area contributed by atoms with Crippen LogP contribution in [0.15, 0.2) is 0 Å². The maximum absolute atomic E-state index is 7.75. The Morgan fingerprint density at radius 2 is 0.357 bits per heavy atom. The van der Waals surface area contributed by atoms with Crippen LogP contribution in [0.3, 0.4) is 0 Å². The van der Waals surface area contributed by atoms with Crippen LogP contribution in [0.5, 0.6) is 0 Å². The van der Waals surface area contributed by atoms with Crippen molar-refractivity contribution in [3.8, 4) is 53.2 Å². The minimum Gasteiger partial charge on any atom is -0.545 e. The Morgan fingerprint density at radius 1 is 0.357 bits per heavy atom. The van der Waals surface area contributed by atoms with Crippen LogP contribution >= 0.6 is 0 Å². The third-order valence-corrected chi connectivity index (χ3v) is 0. The summed E-state index contributed by atoms with van der Waals surface area (Å²) in [5.41, 5.74) is 0. The molecule has 0 spiro atoms. The van der Waals surface area contributed by atoms with E-state index in [1.165, 1.54) is 0 Å². The Hall–Kier alpha value is -0.836. The smallest absolute Gasteiger partial charge is 0.545 e. The molecule has 0 bridgehead atoms. The standard InChI is InChI=1S/11CHO.CO.4Rh/c12*1-2;;;;/h11*1H;;;;;/q3*-1;8*+1;;;;;+3. The first-order chi connectivity index (χ1) is 12.0. The van der Waals surface area contributed by atoms with Gasteiger partial charge in [0.2, 0.25) is 0 Å². The summed E-state index contributed by atoms with van der Waals surface area (Å²) in [6.07, 6.45) is 0. The number of carbonyl (C=O) groups excluding carboxylic acids is 3. The van der Waals surface area contributed by atoms with Crippen LogP contribution < -0.4 is 0 Å². The Labute approximate surface area is 213 Å². The average molecular weight is 759 g/mol. The fourth-order valence-electron chi connectivity index (χ4n) is 0. The molecule has 0 atom stereocenters. The summed E-state index contributed by atoms with van der Waals surface area (Å²) in [6.45, 7) is 40.2. The summed E-state index contributed by atoms with van der Waals surface area (Å²) in [5.74, 6) is 0. The van der Waals surface area contributed by atoms with Crippen molar-refractivity contribution in [2.75, 3.05) is 0 Å². The monoisotopic (exact) mass is 759 g/mol. The molecule has 0 rings (SSSR count). The normalized spacial score (nSPS) is 1.07. The second-order valence-electron chi connectivity index (χ2n) is 0. The zero-order chi connectivity index (χ0) is 24.0. The van der Waals surface area contributed by atoms with Crippen molar-refractivity contribution in [2.24, 2.45) is 0 Å². The molecule has 0 aliphatic carbocycles. The average Bonchev–Trinajstić information content (AvgIpc) is 2.84. The molecule has 0 aromatic heterocycles. The van der Waals surface area contributed by atoms with Gasteiger partial charge < -0.3 is 14.4 Å². The van der Waals surface area contributed by atoms with E-state index in [1.807, 2.05) is 0 Å². The molecule has 159 valence electrons. The number of rotatable bonds is 0. The molecule has 0 saturated heterocycles. The summed E-state index contributed by atoms with van der Waals surface area (Å²) >= 11 is 0. The molecule has 0 saturated carbocycles. The van der Waals surface area contributed by atoms with Crippen LogP contribution in [0.25, 0.3) is 0 Å². The second kappa shape index (κ2) is 23700. The molecule has 0 N–H and O–H groups in total. The number of hydrogen-bond acceptors (Lipinski definition) is 3. The van der Waals surface area contributed by atoms with Crippen molar-refractivity contribution >= 4 is 20.4 Å². The molecule has 0 amide bonds. The van der Waals surface area contributed by atoms with Gasteiger partial charge in [-0.25, -0.2) is 0 Å². The van der Waals surface area contributed by atoms with Gasteiger partial charge in [0.05, 0.1) is 0 Å². The van der Waals surface area contributed by atoms with Gasteiger partial charge in [-0.15, -0.1) is 0 Å². The number of hydrogen-bond donors (Lipinski definition) is 0. The maximum Gasteiger partial charge on any atom is 3.00 e. The predicted octanol–water partition coefficient (Wildman–Crippen LogP) is -0.823. The first-order valence-corrected chi connectivity index (χ1v) is 2.80. The van der Waals surface area contributed by atoms with E-state index >= 15 is 0 Å². The van der Waals surface area contributed by atoms with Crippen molar-refractivity contribution in [3.05, 3.63) is 6.65 Å². The Bertz CT molecular complexity index is 202. The molecule has 0 aliphatic rings. The van der Waals surface area contributed by atoms with Gasteiger partial charge in [0, 0.05) is 58.4 Å². The topological polar surface area (TPSA) is 230 Å². The summed E-state index contributed by atoms with van der Waals surface area (Å²) in [5, 5.41) is 0. The van der Waals surface area contributed by atoms with Crippen LogP contribution in [0.4, 0.5) is 0 Å². The predicted molar refractivity (Wildman–Crippen MR) is 69.2 cm³/mol. The quantitative estimate of drug-likeness (QED) is 0.134. The third kappa shape index (κ3) is 21000. The van der Waals surface area contributed by atoms with Gasteiger partial charge in [0.15, 0.2) is 0 Å². The molecule has 0 fully saturated rings. The van der Waals surface area contributed by atoms with Crippen LogP contribution in [0.2, 0.25) is 0 Å². The summed E-state index contributed by atoms with van der Waals surface area (Å²) in [6, 6.07) is 0. The summed E-state index contributed by atoms with van der Waals surface area (Å²) in [7, 11) is 0. The molecule has 0 aromatic rings. The Morgan fingerprint density at radius 3 is 0.357 bits per heavy atom. The zero-order valence-corrected chi connectivity index (χ0v) is 19.6. The first-order valence-electron chi connectivity index (χ1n) is 2.80. The molecule has 12 nitrogen and oxygen atoms in total. The van der Waals surface area contributed by atoms with Crippen molar-refractivity contribution in [1.29, 1.82) is 0 Å². The van der Waals surface area contributed by atoms with Crippen molar-refractivity contribution in [3.63, 3.8) is 0 Å². The van der Waals surface area contributed by atoms with Crippen LogP contribution in [-0.4, -0.2) is 20.4 Å². The van der Waals surface area contributed by atoms with E-state index in [2.05, 4.69) is 80.2 Å². The van der Waals surface area contributed by atoms with Crippen molar-refractivity contribution < 1.29 is 134 Å². The molecule has 0 heterocycles. The Balaban J connectivity index is -0.00000000396. The van der Waals surface area contributed by atoms with Gasteiger partial charge >= 0.3 is 121 Å². The Kier molecular flexibility index (Phi) is 126000. The maximum atomic E-state index is 7.75. The fraction of sp³-hybridized carbons (Fsp3) is 0. The van der Waals surface area contributed by atoms with Gasteiger partial charge in [0.25, 0.3) is 0 Å². The van der Waals surface area contributed by atoms with Gasteiger partial charge in [-0.2, -0.15) is 0 Å². The molecule has 0 aliphatic heterocycles. The van der Waals surface area contributed by atoms with Crippen LogP contribution in [0.1, 0.15) is 0 Å². The second-order valence-corrected chi connectivity index (χ2v) is 0. The van der Waals surface area contributed by atoms with Crippen LogP contribution in [-0.2, 0) is 134 Å². The van der Waals surface area contributed by atoms with E-state index < -0.39 is 0 Å². The van der Waals surface area contributed by atoms with E-state index in [0.717, 1.165) is 0 Å². The molecule has 3 radical (unpaired) electrons. The van der Waals surface area contributed by atoms with E-state index in [-0.39, 0.29) is 77.9 Å². The minimum atomic E-state index is 0. The largest absolute Gasteiger partial charge is 3.00 e. The SMILES string of the molecule is C#[O+].C#[O+].C#[O+].C#[O+].C#[O+].C#[O+].C#[O+].C#[O+].[C-]#[O+].[CH-]=O.[CH-]=O.[CH-]=O.[Rh+3].[Rh].[Rh].[Rh]. The molecule has 0 aromatic carbocycles. The first kappa shape index (κ1) is 149. The van der Waals surface area contributed by atoms with E-state index in [9.17, 15) is 0 Å². The van der Waals surface area contributed by atoms with Gasteiger partial charge in [0.1, 0.15) is 0 Å². The molecule has 28 heavy (non-hydrogen) atoms. The van der Waals surface area contributed by atoms with Gasteiger partial charge in [-0.1, -0.05) is 0 Å². The van der Waals surface area contributed by atoms with E-state index in [1.54, 1.807) is 0 Å².